The van der Waals surface area contributed by atoms with Crippen LogP contribution in [-0.4, -0.2) is 55.5 Å². The second-order valence-corrected chi connectivity index (χ2v) is 8.77. The largest absolute Gasteiger partial charge is 0.444 e. The summed E-state index contributed by atoms with van der Waals surface area (Å²) in [6.07, 6.45) is -5.35. The molecule has 6 nitrogen and oxygen atoms in total. The maximum Gasteiger partial charge on any atom is 0.417 e. The molecule has 1 aliphatic rings. The molecule has 1 aromatic rings. The fourth-order valence-electron chi connectivity index (χ4n) is 2.50. The number of carbonyl (C=O) groups is 1. The van der Waals surface area contributed by atoms with Gasteiger partial charge in [-0.05, 0) is 32.9 Å². The van der Waals surface area contributed by atoms with E-state index in [2.05, 4.69) is 0 Å². The van der Waals surface area contributed by atoms with Crippen molar-refractivity contribution in [3.8, 4) is 0 Å². The summed E-state index contributed by atoms with van der Waals surface area (Å²) >= 11 is 0. The van der Waals surface area contributed by atoms with Crippen LogP contribution in [0.2, 0.25) is 0 Å². The summed E-state index contributed by atoms with van der Waals surface area (Å²) < 4.78 is 70.8. The van der Waals surface area contributed by atoms with Crippen LogP contribution in [0.3, 0.4) is 0 Å². The van der Waals surface area contributed by atoms with Crippen LogP contribution in [0.1, 0.15) is 26.3 Å². The van der Waals surface area contributed by atoms with E-state index in [-0.39, 0.29) is 26.2 Å². The molecule has 1 saturated heterocycles. The molecule has 1 fully saturated rings. The molecule has 0 aromatic heterocycles. The van der Waals surface area contributed by atoms with E-state index in [1.54, 1.807) is 20.8 Å². The molecule has 10 heteroatoms. The van der Waals surface area contributed by atoms with Crippen LogP contribution in [-0.2, 0) is 20.9 Å². The van der Waals surface area contributed by atoms with E-state index in [1.807, 2.05) is 0 Å². The van der Waals surface area contributed by atoms with Gasteiger partial charge in [-0.3, -0.25) is 0 Å². The number of carbonyl (C=O) groups excluding carboxylic acids is 1. The molecule has 1 amide bonds. The molecule has 0 bridgehead atoms. The van der Waals surface area contributed by atoms with E-state index in [0.29, 0.717) is 0 Å². The average Bonchev–Trinajstić information content (AvgIpc) is 2.52. The Balaban J connectivity index is 2.16. The van der Waals surface area contributed by atoms with Gasteiger partial charge in [0.25, 0.3) is 0 Å². The van der Waals surface area contributed by atoms with Crippen molar-refractivity contribution in [2.45, 2.75) is 37.4 Å². The lowest BCUT2D eigenvalue weighted by Gasteiger charge is -2.35. The highest BCUT2D eigenvalue weighted by Gasteiger charge is 2.40. The Morgan fingerprint density at radius 2 is 1.58 bits per heavy atom. The third-order valence-corrected chi connectivity index (χ3v) is 5.66. The third-order valence-electron chi connectivity index (χ3n) is 3.70. The molecule has 0 saturated carbocycles. The summed E-state index contributed by atoms with van der Waals surface area (Å²) in [5.41, 5.74) is -1.89. The second-order valence-electron chi connectivity index (χ2n) is 6.87. The number of sulfonamides is 1. The van der Waals surface area contributed by atoms with Gasteiger partial charge in [-0.25, -0.2) is 13.2 Å². The second kappa shape index (κ2) is 7.07. The van der Waals surface area contributed by atoms with Gasteiger partial charge in [0, 0.05) is 26.2 Å². The average molecular weight is 394 g/mol. The smallest absolute Gasteiger partial charge is 0.417 e. The first-order valence-corrected chi connectivity index (χ1v) is 9.41. The van der Waals surface area contributed by atoms with Gasteiger partial charge >= 0.3 is 12.3 Å². The van der Waals surface area contributed by atoms with E-state index in [1.165, 1.54) is 11.0 Å². The van der Waals surface area contributed by atoms with Crippen LogP contribution in [0.4, 0.5) is 18.0 Å². The number of hydrogen-bond acceptors (Lipinski definition) is 4. The summed E-state index contributed by atoms with van der Waals surface area (Å²) in [6, 6.07) is 4.07. The van der Waals surface area contributed by atoms with Gasteiger partial charge in [0.15, 0.2) is 0 Å². The number of alkyl halides is 3. The molecule has 1 aromatic carbocycles. The molecular formula is C16H21F3N2O4S. The van der Waals surface area contributed by atoms with Gasteiger partial charge in [0.1, 0.15) is 5.60 Å². The van der Waals surface area contributed by atoms with Crippen LogP contribution < -0.4 is 0 Å². The fraction of sp³-hybridized carbons (Fsp3) is 0.562. The Labute approximate surface area is 150 Å². The summed E-state index contributed by atoms with van der Waals surface area (Å²) in [4.78, 5) is 12.6. The minimum absolute atomic E-state index is 0.0440. The zero-order valence-corrected chi connectivity index (χ0v) is 15.5. The number of benzene rings is 1. The van der Waals surface area contributed by atoms with E-state index in [9.17, 15) is 26.4 Å². The predicted octanol–water partition coefficient (Wildman–Crippen LogP) is 2.95. The normalized spacial score (nSPS) is 17.2. The number of piperazine rings is 1. The molecule has 26 heavy (non-hydrogen) atoms. The molecule has 146 valence electrons. The van der Waals surface area contributed by atoms with Crippen molar-refractivity contribution in [1.29, 1.82) is 0 Å². The molecule has 0 aliphatic carbocycles. The molecule has 0 unspecified atom stereocenters. The lowest BCUT2D eigenvalue weighted by Crippen LogP contribution is -2.51. The minimum atomic E-state index is -4.78. The van der Waals surface area contributed by atoms with Crippen molar-refractivity contribution in [2.24, 2.45) is 0 Å². The van der Waals surface area contributed by atoms with Crippen LogP contribution in [0.25, 0.3) is 0 Å². The standard InChI is InChI=1S/C16H21F3N2O4S/c1-15(2,3)25-14(22)20-8-10-21(11-9-20)26(23,24)13-7-5-4-6-12(13)16(17,18)19/h4-7H,8-11H2,1-3H3. The van der Waals surface area contributed by atoms with Crippen molar-refractivity contribution in [2.75, 3.05) is 26.2 Å². The molecular weight excluding hydrogens is 373 g/mol. The molecule has 0 spiro atoms. The van der Waals surface area contributed by atoms with E-state index in [0.717, 1.165) is 22.5 Å². The van der Waals surface area contributed by atoms with Gasteiger partial charge in [0.05, 0.1) is 10.5 Å². The van der Waals surface area contributed by atoms with Crippen LogP contribution in [0.15, 0.2) is 29.2 Å². The summed E-state index contributed by atoms with van der Waals surface area (Å²) in [5.74, 6) is 0. The Hall–Kier alpha value is -1.81. The van der Waals surface area contributed by atoms with Crippen molar-refractivity contribution in [3.63, 3.8) is 0 Å². The molecule has 1 aliphatic heterocycles. The summed E-state index contributed by atoms with van der Waals surface area (Å²) in [7, 11) is -4.33. The van der Waals surface area contributed by atoms with Crippen LogP contribution >= 0.6 is 0 Å². The first kappa shape index (κ1) is 20.5. The fourth-order valence-corrected chi connectivity index (χ4v) is 4.14. The quantitative estimate of drug-likeness (QED) is 0.774. The zero-order chi connectivity index (χ0) is 19.8. The highest BCUT2D eigenvalue weighted by molar-refractivity contribution is 7.89. The van der Waals surface area contributed by atoms with E-state index >= 15 is 0 Å². The zero-order valence-electron chi connectivity index (χ0n) is 14.7. The summed E-state index contributed by atoms with van der Waals surface area (Å²) in [6.45, 7) is 5.01. The lowest BCUT2D eigenvalue weighted by atomic mass is 10.2. The third kappa shape index (κ3) is 4.67. The first-order valence-electron chi connectivity index (χ1n) is 7.97. The number of rotatable bonds is 2. The van der Waals surface area contributed by atoms with E-state index in [4.69, 9.17) is 4.74 Å². The Morgan fingerprint density at radius 3 is 2.08 bits per heavy atom. The van der Waals surface area contributed by atoms with Crippen LogP contribution in [0, 0.1) is 0 Å². The highest BCUT2D eigenvalue weighted by atomic mass is 32.2. The molecule has 0 N–H and O–H groups in total. The van der Waals surface area contributed by atoms with Crippen molar-refractivity contribution >= 4 is 16.1 Å². The van der Waals surface area contributed by atoms with Gasteiger partial charge in [-0.1, -0.05) is 12.1 Å². The van der Waals surface area contributed by atoms with Crippen LogP contribution in [0.5, 0.6) is 0 Å². The van der Waals surface area contributed by atoms with E-state index < -0.39 is 38.4 Å². The SMILES string of the molecule is CC(C)(C)OC(=O)N1CCN(S(=O)(=O)c2ccccc2C(F)(F)F)CC1. The van der Waals surface area contributed by atoms with Crippen molar-refractivity contribution < 1.29 is 31.1 Å². The topological polar surface area (TPSA) is 66.9 Å². The Bertz CT molecular complexity index is 764. The maximum absolute atomic E-state index is 13.1. The molecule has 1 heterocycles. The Morgan fingerprint density at radius 1 is 1.04 bits per heavy atom. The molecule has 0 radical (unpaired) electrons. The number of amides is 1. The molecule has 0 atom stereocenters. The summed E-state index contributed by atoms with van der Waals surface area (Å²) in [5, 5.41) is 0. The maximum atomic E-state index is 13.1. The monoisotopic (exact) mass is 394 g/mol. The van der Waals surface area contributed by atoms with Gasteiger partial charge in [0.2, 0.25) is 10.0 Å². The lowest BCUT2D eigenvalue weighted by molar-refractivity contribution is -0.139. The number of nitrogens with zero attached hydrogens (tertiary/aromatic N) is 2. The Kier molecular flexibility index (Phi) is 5.57. The first-order chi connectivity index (χ1) is 11.8. The van der Waals surface area contributed by atoms with Gasteiger partial charge < -0.3 is 9.64 Å². The molecule has 2 rings (SSSR count). The number of ether oxygens (including phenoxy) is 1. The van der Waals surface area contributed by atoms with Gasteiger partial charge in [-0.15, -0.1) is 0 Å². The highest BCUT2D eigenvalue weighted by Crippen LogP contribution is 2.35. The minimum Gasteiger partial charge on any atom is -0.444 e. The number of halogens is 3. The van der Waals surface area contributed by atoms with Crippen molar-refractivity contribution in [1.82, 2.24) is 9.21 Å². The van der Waals surface area contributed by atoms with Gasteiger partial charge in [-0.2, -0.15) is 17.5 Å². The number of hydrogen-bond donors (Lipinski definition) is 0. The predicted molar refractivity (Wildman–Crippen MR) is 88.0 cm³/mol. The van der Waals surface area contributed by atoms with Crippen molar-refractivity contribution in [3.05, 3.63) is 29.8 Å².